The van der Waals surface area contributed by atoms with Gasteiger partial charge in [0.2, 0.25) is 0 Å². The molecule has 1 heterocycles. The predicted octanol–water partition coefficient (Wildman–Crippen LogP) is 4.03. The Labute approximate surface area is 120 Å². The Morgan fingerprint density at radius 1 is 1.05 bits per heavy atom. The predicted molar refractivity (Wildman–Crippen MR) is 78.3 cm³/mol. The van der Waals surface area contributed by atoms with Crippen molar-refractivity contribution in [2.24, 2.45) is 0 Å². The van der Waals surface area contributed by atoms with Gasteiger partial charge in [0, 0.05) is 0 Å². The van der Waals surface area contributed by atoms with Crippen LogP contribution in [0.25, 0.3) is 11.0 Å². The number of hydrogen-bond donors (Lipinski definition) is 0. The quantitative estimate of drug-likeness (QED) is 0.730. The molecular formula is C16H11ClO3. The maximum atomic E-state index is 12.3. The summed E-state index contributed by atoms with van der Waals surface area (Å²) in [5.41, 5.74) is 0.946. The third-order valence-corrected chi connectivity index (χ3v) is 3.28. The summed E-state index contributed by atoms with van der Waals surface area (Å²) in [4.78, 5) is 12.3. The highest BCUT2D eigenvalue weighted by molar-refractivity contribution is 6.32. The summed E-state index contributed by atoms with van der Waals surface area (Å²) in [7, 11) is 0. The van der Waals surface area contributed by atoms with Gasteiger partial charge in [-0.15, -0.1) is 0 Å². The molecular weight excluding hydrogens is 276 g/mol. The van der Waals surface area contributed by atoms with E-state index in [2.05, 4.69) is 0 Å². The average molecular weight is 287 g/mol. The van der Waals surface area contributed by atoms with Crippen LogP contribution < -0.4 is 10.2 Å². The van der Waals surface area contributed by atoms with Gasteiger partial charge in [-0.05, 0) is 24.3 Å². The van der Waals surface area contributed by atoms with E-state index in [0.29, 0.717) is 27.3 Å². The molecule has 1 aromatic heterocycles. The second-order valence-electron chi connectivity index (χ2n) is 4.31. The van der Waals surface area contributed by atoms with Crippen molar-refractivity contribution < 1.29 is 9.15 Å². The summed E-state index contributed by atoms with van der Waals surface area (Å²) in [6.45, 7) is 0.122. The summed E-state index contributed by atoms with van der Waals surface area (Å²) in [6.07, 6.45) is 1.43. The van der Waals surface area contributed by atoms with Crippen LogP contribution in [0.4, 0.5) is 0 Å². The molecule has 0 spiro atoms. The van der Waals surface area contributed by atoms with E-state index >= 15 is 0 Å². The lowest BCUT2D eigenvalue weighted by atomic mass is 10.2. The van der Waals surface area contributed by atoms with Gasteiger partial charge in [-0.3, -0.25) is 4.79 Å². The van der Waals surface area contributed by atoms with Crippen molar-refractivity contribution in [2.45, 2.75) is 6.61 Å². The first-order chi connectivity index (χ1) is 9.75. The molecule has 0 amide bonds. The SMILES string of the molecule is O=c1c(COc2ccccc2Cl)coc2ccccc12. The summed E-state index contributed by atoms with van der Waals surface area (Å²) in [5, 5.41) is 1.06. The molecule has 0 aliphatic rings. The molecule has 0 saturated heterocycles. The zero-order valence-corrected chi connectivity index (χ0v) is 11.3. The van der Waals surface area contributed by atoms with Crippen LogP contribution in [0, 0.1) is 0 Å². The lowest BCUT2D eigenvalue weighted by Crippen LogP contribution is -2.11. The molecule has 0 atom stereocenters. The van der Waals surface area contributed by atoms with Gasteiger partial charge in [-0.25, -0.2) is 0 Å². The molecule has 4 heteroatoms. The van der Waals surface area contributed by atoms with E-state index in [-0.39, 0.29) is 12.0 Å². The second kappa shape index (κ2) is 5.39. The minimum absolute atomic E-state index is 0.0843. The van der Waals surface area contributed by atoms with Crippen LogP contribution in [-0.2, 0) is 6.61 Å². The van der Waals surface area contributed by atoms with Crippen molar-refractivity contribution in [1.82, 2.24) is 0 Å². The van der Waals surface area contributed by atoms with E-state index < -0.39 is 0 Å². The number of ether oxygens (including phenoxy) is 1. The Balaban J connectivity index is 1.90. The fourth-order valence-electron chi connectivity index (χ4n) is 1.93. The highest BCUT2D eigenvalue weighted by Crippen LogP contribution is 2.24. The number of para-hydroxylation sites is 2. The average Bonchev–Trinajstić information content (AvgIpc) is 2.48. The standard InChI is InChI=1S/C16H11ClO3/c17-13-6-2-4-8-15(13)20-10-11-9-19-14-7-3-1-5-12(14)16(11)18/h1-9H,10H2. The second-order valence-corrected chi connectivity index (χ2v) is 4.71. The van der Waals surface area contributed by atoms with E-state index in [1.54, 1.807) is 30.3 Å². The first-order valence-corrected chi connectivity index (χ1v) is 6.50. The molecule has 0 saturated carbocycles. The highest BCUT2D eigenvalue weighted by atomic mass is 35.5. The van der Waals surface area contributed by atoms with Crippen LogP contribution in [0.15, 0.2) is 64.0 Å². The maximum Gasteiger partial charge on any atom is 0.199 e. The van der Waals surface area contributed by atoms with E-state index in [1.807, 2.05) is 18.2 Å². The molecule has 0 N–H and O–H groups in total. The van der Waals surface area contributed by atoms with Gasteiger partial charge < -0.3 is 9.15 Å². The minimum Gasteiger partial charge on any atom is -0.487 e. The van der Waals surface area contributed by atoms with Gasteiger partial charge >= 0.3 is 0 Å². The Morgan fingerprint density at radius 3 is 2.65 bits per heavy atom. The number of benzene rings is 2. The Kier molecular flexibility index (Phi) is 3.44. The van der Waals surface area contributed by atoms with Gasteiger partial charge in [-0.1, -0.05) is 35.9 Å². The van der Waals surface area contributed by atoms with Gasteiger partial charge in [0.05, 0.1) is 16.0 Å². The number of rotatable bonds is 3. The van der Waals surface area contributed by atoms with Crippen molar-refractivity contribution in [3.8, 4) is 5.75 Å². The first-order valence-electron chi connectivity index (χ1n) is 6.12. The van der Waals surface area contributed by atoms with Crippen molar-refractivity contribution in [3.63, 3.8) is 0 Å². The summed E-state index contributed by atoms with van der Waals surface area (Å²) >= 11 is 6.00. The molecule has 100 valence electrons. The van der Waals surface area contributed by atoms with Crippen LogP contribution in [0.2, 0.25) is 5.02 Å². The van der Waals surface area contributed by atoms with Crippen molar-refractivity contribution in [3.05, 3.63) is 75.6 Å². The van der Waals surface area contributed by atoms with Crippen molar-refractivity contribution in [1.29, 1.82) is 0 Å². The zero-order chi connectivity index (χ0) is 13.9. The third-order valence-electron chi connectivity index (χ3n) is 2.97. The van der Waals surface area contributed by atoms with Crippen LogP contribution in [0.3, 0.4) is 0 Å². The normalized spacial score (nSPS) is 10.7. The van der Waals surface area contributed by atoms with E-state index in [0.717, 1.165) is 0 Å². The molecule has 0 aliphatic carbocycles. The van der Waals surface area contributed by atoms with Crippen LogP contribution in [-0.4, -0.2) is 0 Å². The van der Waals surface area contributed by atoms with Crippen molar-refractivity contribution >= 4 is 22.6 Å². The molecule has 3 nitrogen and oxygen atoms in total. The summed E-state index contributed by atoms with van der Waals surface area (Å²) in [5.74, 6) is 0.543. The van der Waals surface area contributed by atoms with Crippen LogP contribution >= 0.6 is 11.6 Å². The van der Waals surface area contributed by atoms with Crippen LogP contribution in [0.1, 0.15) is 5.56 Å². The van der Waals surface area contributed by atoms with Gasteiger partial charge in [0.15, 0.2) is 5.43 Å². The topological polar surface area (TPSA) is 39.4 Å². The molecule has 3 rings (SSSR count). The van der Waals surface area contributed by atoms with E-state index in [4.69, 9.17) is 20.8 Å². The van der Waals surface area contributed by atoms with Crippen LogP contribution in [0.5, 0.6) is 5.75 Å². The number of fused-ring (bicyclic) bond motifs is 1. The monoisotopic (exact) mass is 286 g/mol. The third kappa shape index (κ3) is 2.40. The Bertz CT molecular complexity index is 808. The largest absolute Gasteiger partial charge is 0.487 e. The Hall–Kier alpha value is -2.26. The lowest BCUT2D eigenvalue weighted by Gasteiger charge is -2.07. The number of hydrogen-bond acceptors (Lipinski definition) is 3. The molecule has 0 bridgehead atoms. The molecule has 3 aromatic rings. The minimum atomic E-state index is -0.0843. The highest BCUT2D eigenvalue weighted by Gasteiger charge is 2.08. The molecule has 0 fully saturated rings. The van der Waals surface area contributed by atoms with E-state index in [9.17, 15) is 4.79 Å². The van der Waals surface area contributed by atoms with Gasteiger partial charge in [0.1, 0.15) is 24.2 Å². The lowest BCUT2D eigenvalue weighted by molar-refractivity contribution is 0.302. The molecule has 0 unspecified atom stereocenters. The summed E-state index contributed by atoms with van der Waals surface area (Å²) < 4.78 is 11.0. The van der Waals surface area contributed by atoms with Gasteiger partial charge in [0.25, 0.3) is 0 Å². The molecule has 0 aliphatic heterocycles. The Morgan fingerprint density at radius 2 is 1.80 bits per heavy atom. The first kappa shape index (κ1) is 12.8. The van der Waals surface area contributed by atoms with E-state index in [1.165, 1.54) is 6.26 Å². The summed E-state index contributed by atoms with van der Waals surface area (Å²) in [6, 6.07) is 14.3. The van der Waals surface area contributed by atoms with Crippen molar-refractivity contribution in [2.75, 3.05) is 0 Å². The fourth-order valence-corrected chi connectivity index (χ4v) is 2.13. The fraction of sp³-hybridized carbons (Fsp3) is 0.0625. The number of halogens is 1. The molecule has 20 heavy (non-hydrogen) atoms. The smallest absolute Gasteiger partial charge is 0.199 e. The zero-order valence-electron chi connectivity index (χ0n) is 10.5. The molecule has 2 aromatic carbocycles. The maximum absolute atomic E-state index is 12.3. The molecule has 0 radical (unpaired) electrons. The van der Waals surface area contributed by atoms with Gasteiger partial charge in [-0.2, -0.15) is 0 Å².